The highest BCUT2D eigenvalue weighted by molar-refractivity contribution is 5.35. The van der Waals surface area contributed by atoms with Crippen LogP contribution in [0.25, 0.3) is 0 Å². The molecule has 1 heterocycles. The predicted octanol–water partition coefficient (Wildman–Crippen LogP) is 3.05. The Kier molecular flexibility index (Phi) is 3.34. The third kappa shape index (κ3) is 2.42. The van der Waals surface area contributed by atoms with Crippen LogP contribution in [0.3, 0.4) is 0 Å². The van der Waals surface area contributed by atoms with Gasteiger partial charge in [0.25, 0.3) is 0 Å². The van der Waals surface area contributed by atoms with Crippen molar-refractivity contribution in [2.75, 3.05) is 13.1 Å². The molecule has 0 aromatic heterocycles. The van der Waals surface area contributed by atoms with Gasteiger partial charge in [-0.3, -0.25) is 0 Å². The molecular formula is C16H20N2. The van der Waals surface area contributed by atoms with Gasteiger partial charge in [-0.25, -0.2) is 0 Å². The van der Waals surface area contributed by atoms with Crippen LogP contribution in [0.4, 0.5) is 0 Å². The Bertz CT molecular complexity index is 450. The normalized spacial score (nSPS) is 25.4. The first-order valence-electron chi connectivity index (χ1n) is 7.09. The molecule has 0 radical (unpaired) electrons. The second-order valence-electron chi connectivity index (χ2n) is 5.71. The van der Waals surface area contributed by atoms with Crippen molar-refractivity contribution in [3.63, 3.8) is 0 Å². The van der Waals surface area contributed by atoms with Gasteiger partial charge in [-0.15, -0.1) is 0 Å². The Morgan fingerprint density at radius 2 is 2.11 bits per heavy atom. The van der Waals surface area contributed by atoms with Crippen LogP contribution in [0.1, 0.15) is 42.7 Å². The summed E-state index contributed by atoms with van der Waals surface area (Å²) in [6.07, 6.45) is 5.38. The van der Waals surface area contributed by atoms with Gasteiger partial charge in [0.1, 0.15) is 0 Å². The van der Waals surface area contributed by atoms with Crippen LogP contribution in [0.2, 0.25) is 0 Å². The molecule has 0 amide bonds. The lowest BCUT2D eigenvalue weighted by Gasteiger charge is -2.31. The Hall–Kier alpha value is -1.33. The number of rotatable bonds is 3. The number of nitriles is 1. The van der Waals surface area contributed by atoms with Gasteiger partial charge < -0.3 is 5.32 Å². The molecule has 1 saturated heterocycles. The average molecular weight is 240 g/mol. The van der Waals surface area contributed by atoms with E-state index in [9.17, 15) is 0 Å². The molecular weight excluding hydrogens is 220 g/mol. The van der Waals surface area contributed by atoms with Crippen LogP contribution in [0, 0.1) is 23.2 Å². The summed E-state index contributed by atoms with van der Waals surface area (Å²) in [6, 6.07) is 10.5. The molecule has 1 N–H and O–H groups in total. The minimum Gasteiger partial charge on any atom is -0.316 e. The van der Waals surface area contributed by atoms with Crippen molar-refractivity contribution in [1.82, 2.24) is 5.32 Å². The van der Waals surface area contributed by atoms with Crippen LogP contribution >= 0.6 is 0 Å². The fraction of sp³-hybridized carbons (Fsp3) is 0.562. The summed E-state index contributed by atoms with van der Waals surface area (Å²) in [5.74, 6) is 2.30. The van der Waals surface area contributed by atoms with Gasteiger partial charge in [-0.1, -0.05) is 12.1 Å². The monoisotopic (exact) mass is 240 g/mol. The van der Waals surface area contributed by atoms with Crippen molar-refractivity contribution < 1.29 is 0 Å². The average Bonchev–Trinajstić information content (AvgIpc) is 3.25. The van der Waals surface area contributed by atoms with Crippen LogP contribution in [-0.2, 0) is 0 Å². The van der Waals surface area contributed by atoms with Crippen molar-refractivity contribution in [1.29, 1.82) is 5.26 Å². The van der Waals surface area contributed by atoms with E-state index in [1.54, 1.807) is 0 Å². The summed E-state index contributed by atoms with van der Waals surface area (Å²) in [6.45, 7) is 2.32. The highest BCUT2D eigenvalue weighted by Crippen LogP contribution is 2.48. The minimum absolute atomic E-state index is 0.672. The Morgan fingerprint density at radius 1 is 1.22 bits per heavy atom. The predicted molar refractivity (Wildman–Crippen MR) is 72.2 cm³/mol. The SMILES string of the molecule is N#Cc1cccc(C(C2CC2)C2CCCNC2)c1. The van der Waals surface area contributed by atoms with Gasteiger partial charge >= 0.3 is 0 Å². The summed E-state index contributed by atoms with van der Waals surface area (Å²) in [7, 11) is 0. The Labute approximate surface area is 109 Å². The van der Waals surface area contributed by atoms with Crippen molar-refractivity contribution in [2.24, 2.45) is 11.8 Å². The smallest absolute Gasteiger partial charge is 0.0991 e. The molecule has 2 nitrogen and oxygen atoms in total. The Balaban J connectivity index is 1.86. The molecule has 1 aromatic carbocycles. The second kappa shape index (κ2) is 5.12. The summed E-state index contributed by atoms with van der Waals surface area (Å²) >= 11 is 0. The third-order valence-electron chi connectivity index (χ3n) is 4.37. The zero-order chi connectivity index (χ0) is 12.4. The number of benzene rings is 1. The fourth-order valence-corrected chi connectivity index (χ4v) is 3.39. The standard InChI is InChI=1S/C16H20N2/c17-10-12-3-1-4-14(9-12)16(13-6-7-13)15-5-2-8-18-11-15/h1,3-4,9,13,15-16,18H,2,5-8,11H2. The van der Waals surface area contributed by atoms with Gasteiger partial charge in [-0.2, -0.15) is 5.26 Å². The van der Waals surface area contributed by atoms with Crippen molar-refractivity contribution in [2.45, 2.75) is 31.6 Å². The molecule has 1 aliphatic heterocycles. The molecule has 18 heavy (non-hydrogen) atoms. The third-order valence-corrected chi connectivity index (χ3v) is 4.37. The number of hydrogen-bond acceptors (Lipinski definition) is 2. The van der Waals surface area contributed by atoms with E-state index in [0.29, 0.717) is 5.92 Å². The molecule has 1 aromatic rings. The molecule has 0 spiro atoms. The molecule has 1 aliphatic carbocycles. The molecule has 3 rings (SSSR count). The molecule has 0 bridgehead atoms. The number of nitrogens with one attached hydrogen (secondary N) is 1. The highest BCUT2D eigenvalue weighted by Gasteiger charge is 2.37. The van der Waals surface area contributed by atoms with Crippen molar-refractivity contribution >= 4 is 0 Å². The zero-order valence-corrected chi connectivity index (χ0v) is 10.7. The highest BCUT2D eigenvalue weighted by atomic mass is 14.9. The van der Waals surface area contributed by atoms with Gasteiger partial charge in [-0.05, 0) is 74.2 Å². The van der Waals surface area contributed by atoms with Crippen LogP contribution in [-0.4, -0.2) is 13.1 Å². The lowest BCUT2D eigenvalue weighted by atomic mass is 9.78. The van der Waals surface area contributed by atoms with Crippen LogP contribution in [0.5, 0.6) is 0 Å². The first-order chi connectivity index (χ1) is 8.88. The molecule has 2 atom stereocenters. The quantitative estimate of drug-likeness (QED) is 0.881. The van der Waals surface area contributed by atoms with E-state index in [-0.39, 0.29) is 0 Å². The minimum atomic E-state index is 0.672. The van der Waals surface area contributed by atoms with Crippen molar-refractivity contribution in [3.05, 3.63) is 35.4 Å². The number of hydrogen-bond donors (Lipinski definition) is 1. The topological polar surface area (TPSA) is 35.8 Å². The van der Waals surface area contributed by atoms with Gasteiger partial charge in [0, 0.05) is 0 Å². The van der Waals surface area contributed by atoms with Gasteiger partial charge in [0.05, 0.1) is 11.6 Å². The fourth-order valence-electron chi connectivity index (χ4n) is 3.39. The van der Waals surface area contributed by atoms with Gasteiger partial charge in [0.2, 0.25) is 0 Å². The summed E-state index contributed by atoms with van der Waals surface area (Å²) in [5.41, 5.74) is 2.20. The van der Waals surface area contributed by atoms with E-state index in [0.717, 1.165) is 23.9 Å². The van der Waals surface area contributed by atoms with E-state index < -0.39 is 0 Å². The van der Waals surface area contributed by atoms with Crippen LogP contribution in [0.15, 0.2) is 24.3 Å². The van der Waals surface area contributed by atoms with E-state index in [1.165, 1.54) is 37.8 Å². The summed E-state index contributed by atoms with van der Waals surface area (Å²) in [5, 5.41) is 12.6. The van der Waals surface area contributed by atoms with Crippen LogP contribution < -0.4 is 5.32 Å². The molecule has 94 valence electrons. The zero-order valence-electron chi connectivity index (χ0n) is 10.7. The van der Waals surface area contributed by atoms with E-state index >= 15 is 0 Å². The Morgan fingerprint density at radius 3 is 2.78 bits per heavy atom. The lowest BCUT2D eigenvalue weighted by Crippen LogP contribution is -2.34. The number of piperidine rings is 1. The largest absolute Gasteiger partial charge is 0.316 e. The summed E-state index contributed by atoms with van der Waals surface area (Å²) < 4.78 is 0. The lowest BCUT2D eigenvalue weighted by molar-refractivity contribution is 0.301. The van der Waals surface area contributed by atoms with E-state index in [1.807, 2.05) is 12.1 Å². The van der Waals surface area contributed by atoms with Crippen molar-refractivity contribution in [3.8, 4) is 6.07 Å². The maximum absolute atomic E-state index is 9.05. The van der Waals surface area contributed by atoms with Gasteiger partial charge in [0.15, 0.2) is 0 Å². The molecule has 2 heteroatoms. The first-order valence-corrected chi connectivity index (χ1v) is 7.09. The number of nitrogens with zero attached hydrogens (tertiary/aromatic N) is 1. The molecule has 1 saturated carbocycles. The summed E-state index contributed by atoms with van der Waals surface area (Å²) in [4.78, 5) is 0. The second-order valence-corrected chi connectivity index (χ2v) is 5.71. The molecule has 2 aliphatic rings. The molecule has 2 fully saturated rings. The molecule has 2 unspecified atom stereocenters. The van der Waals surface area contributed by atoms with E-state index in [4.69, 9.17) is 5.26 Å². The first kappa shape index (κ1) is 11.7. The maximum Gasteiger partial charge on any atom is 0.0991 e. The maximum atomic E-state index is 9.05. The van der Waals surface area contributed by atoms with E-state index in [2.05, 4.69) is 23.5 Å².